The van der Waals surface area contributed by atoms with Gasteiger partial charge in [-0.05, 0) is 32.9 Å². The van der Waals surface area contributed by atoms with Crippen LogP contribution in [0.5, 0.6) is 0 Å². The molecule has 0 unspecified atom stereocenters. The Morgan fingerprint density at radius 1 is 1.20 bits per heavy atom. The number of carbonyl (C=O) groups excluding carboxylic acids is 2. The van der Waals surface area contributed by atoms with Crippen molar-refractivity contribution in [3.05, 3.63) is 47.5 Å². The maximum Gasteiger partial charge on any atom is 0.262 e. The number of ether oxygens (including phenoxy) is 1. The van der Waals surface area contributed by atoms with E-state index in [4.69, 9.17) is 4.74 Å². The number of nitrogens with zero attached hydrogens (tertiary/aromatic N) is 1. The maximum atomic E-state index is 12.4. The van der Waals surface area contributed by atoms with E-state index < -0.39 is 5.54 Å². The zero-order valence-corrected chi connectivity index (χ0v) is 12.1. The van der Waals surface area contributed by atoms with Crippen LogP contribution in [0.1, 0.15) is 41.5 Å². The SMILES string of the molecule is C=C(C)COCC(C)(C)N1C(=O)c2ccccc2C1=O. The van der Waals surface area contributed by atoms with Crippen LogP contribution in [0.25, 0.3) is 0 Å². The van der Waals surface area contributed by atoms with Crippen LogP contribution in [0.2, 0.25) is 0 Å². The second-order valence-corrected chi connectivity index (χ2v) is 5.75. The Morgan fingerprint density at radius 2 is 1.70 bits per heavy atom. The Morgan fingerprint density at radius 3 is 2.15 bits per heavy atom. The first-order valence-corrected chi connectivity index (χ1v) is 6.54. The first-order chi connectivity index (χ1) is 9.34. The fourth-order valence-electron chi connectivity index (χ4n) is 2.28. The van der Waals surface area contributed by atoms with Crippen LogP contribution in [-0.4, -0.2) is 35.5 Å². The minimum atomic E-state index is -0.692. The first kappa shape index (κ1) is 14.5. The summed E-state index contributed by atoms with van der Waals surface area (Å²) in [4.78, 5) is 26.1. The molecule has 0 saturated carbocycles. The summed E-state index contributed by atoms with van der Waals surface area (Å²) in [7, 11) is 0. The lowest BCUT2D eigenvalue weighted by atomic mass is 10.0. The van der Waals surface area contributed by atoms with Gasteiger partial charge in [-0.15, -0.1) is 0 Å². The lowest BCUT2D eigenvalue weighted by Gasteiger charge is -2.33. The van der Waals surface area contributed by atoms with Crippen LogP contribution in [0.15, 0.2) is 36.4 Å². The summed E-state index contributed by atoms with van der Waals surface area (Å²) in [5, 5.41) is 0. The van der Waals surface area contributed by atoms with Gasteiger partial charge in [0.15, 0.2) is 0 Å². The molecular formula is C16H19NO3. The molecule has 0 radical (unpaired) electrons. The summed E-state index contributed by atoms with van der Waals surface area (Å²) in [6.07, 6.45) is 0. The van der Waals surface area contributed by atoms with Crippen LogP contribution < -0.4 is 0 Å². The van der Waals surface area contributed by atoms with E-state index in [-0.39, 0.29) is 18.4 Å². The molecule has 0 bridgehead atoms. The van der Waals surface area contributed by atoms with Gasteiger partial charge in [-0.25, -0.2) is 0 Å². The first-order valence-electron chi connectivity index (χ1n) is 6.54. The van der Waals surface area contributed by atoms with Crippen molar-refractivity contribution in [2.45, 2.75) is 26.3 Å². The highest BCUT2D eigenvalue weighted by Gasteiger charge is 2.43. The van der Waals surface area contributed by atoms with Crippen molar-refractivity contribution in [3.63, 3.8) is 0 Å². The maximum absolute atomic E-state index is 12.4. The predicted octanol–water partition coefficient (Wildman–Crippen LogP) is 2.65. The second kappa shape index (κ2) is 5.21. The van der Waals surface area contributed by atoms with Crippen molar-refractivity contribution < 1.29 is 14.3 Å². The number of hydrogen-bond donors (Lipinski definition) is 0. The molecule has 0 fully saturated rings. The molecule has 1 aromatic carbocycles. The van der Waals surface area contributed by atoms with Crippen molar-refractivity contribution in [1.82, 2.24) is 4.90 Å². The van der Waals surface area contributed by atoms with Gasteiger partial charge in [0.05, 0.1) is 29.9 Å². The van der Waals surface area contributed by atoms with Crippen molar-refractivity contribution in [1.29, 1.82) is 0 Å². The minimum Gasteiger partial charge on any atom is -0.375 e. The third-order valence-corrected chi connectivity index (χ3v) is 3.20. The molecule has 1 aliphatic rings. The summed E-state index contributed by atoms with van der Waals surface area (Å²) in [5.74, 6) is -0.510. The molecule has 0 spiro atoms. The topological polar surface area (TPSA) is 46.6 Å². The summed E-state index contributed by atoms with van der Waals surface area (Å²) in [6, 6.07) is 6.89. The Kier molecular flexibility index (Phi) is 3.77. The number of benzene rings is 1. The third-order valence-electron chi connectivity index (χ3n) is 3.20. The van der Waals surface area contributed by atoms with Gasteiger partial charge in [-0.3, -0.25) is 14.5 Å². The summed E-state index contributed by atoms with van der Waals surface area (Å²) in [5.41, 5.74) is 1.14. The van der Waals surface area contributed by atoms with E-state index in [1.807, 2.05) is 20.8 Å². The minimum absolute atomic E-state index is 0.255. The van der Waals surface area contributed by atoms with Gasteiger partial charge in [-0.2, -0.15) is 0 Å². The predicted molar refractivity (Wildman–Crippen MR) is 76.7 cm³/mol. The summed E-state index contributed by atoms with van der Waals surface area (Å²) in [6.45, 7) is 9.99. The van der Waals surface area contributed by atoms with E-state index in [9.17, 15) is 9.59 Å². The average molecular weight is 273 g/mol. The average Bonchev–Trinajstić information content (AvgIpc) is 2.62. The van der Waals surface area contributed by atoms with Crippen LogP contribution in [-0.2, 0) is 4.74 Å². The van der Waals surface area contributed by atoms with Crippen LogP contribution in [0.3, 0.4) is 0 Å². The molecule has 4 nitrogen and oxygen atoms in total. The highest BCUT2D eigenvalue weighted by Crippen LogP contribution is 2.29. The molecule has 1 heterocycles. The molecule has 0 N–H and O–H groups in total. The van der Waals surface area contributed by atoms with E-state index in [2.05, 4.69) is 6.58 Å². The van der Waals surface area contributed by atoms with Gasteiger partial charge in [0.25, 0.3) is 11.8 Å². The number of imide groups is 1. The van der Waals surface area contributed by atoms with Gasteiger partial charge in [0.1, 0.15) is 0 Å². The zero-order chi connectivity index (χ0) is 14.9. The second-order valence-electron chi connectivity index (χ2n) is 5.75. The number of carbonyl (C=O) groups is 2. The van der Waals surface area contributed by atoms with Crippen molar-refractivity contribution in [3.8, 4) is 0 Å². The fraction of sp³-hybridized carbons (Fsp3) is 0.375. The van der Waals surface area contributed by atoms with E-state index in [0.717, 1.165) is 5.57 Å². The lowest BCUT2D eigenvalue weighted by Crippen LogP contribution is -2.50. The molecule has 2 rings (SSSR count). The molecule has 0 saturated heterocycles. The molecular weight excluding hydrogens is 254 g/mol. The van der Waals surface area contributed by atoms with E-state index in [1.165, 1.54) is 4.90 Å². The monoisotopic (exact) mass is 273 g/mol. The Hall–Kier alpha value is -1.94. The van der Waals surface area contributed by atoms with Gasteiger partial charge in [0, 0.05) is 0 Å². The molecule has 4 heteroatoms. The molecule has 0 aromatic heterocycles. The van der Waals surface area contributed by atoms with Crippen molar-refractivity contribution >= 4 is 11.8 Å². The van der Waals surface area contributed by atoms with Crippen molar-refractivity contribution in [2.75, 3.05) is 13.2 Å². The van der Waals surface area contributed by atoms with Crippen LogP contribution >= 0.6 is 0 Å². The van der Waals surface area contributed by atoms with E-state index >= 15 is 0 Å². The summed E-state index contributed by atoms with van der Waals surface area (Å²) < 4.78 is 5.52. The third kappa shape index (κ3) is 2.51. The number of amides is 2. The van der Waals surface area contributed by atoms with Gasteiger partial charge >= 0.3 is 0 Å². The molecule has 106 valence electrons. The highest BCUT2D eigenvalue weighted by molar-refractivity contribution is 6.21. The molecule has 2 amide bonds. The highest BCUT2D eigenvalue weighted by atomic mass is 16.5. The summed E-state index contributed by atoms with van der Waals surface area (Å²) >= 11 is 0. The Balaban J connectivity index is 2.19. The largest absolute Gasteiger partial charge is 0.375 e. The van der Waals surface area contributed by atoms with E-state index in [1.54, 1.807) is 24.3 Å². The number of hydrogen-bond acceptors (Lipinski definition) is 3. The lowest BCUT2D eigenvalue weighted by molar-refractivity contribution is 0.0208. The van der Waals surface area contributed by atoms with Crippen molar-refractivity contribution in [2.24, 2.45) is 0 Å². The molecule has 0 atom stereocenters. The number of rotatable bonds is 5. The molecule has 0 aliphatic carbocycles. The number of fused-ring (bicyclic) bond motifs is 1. The smallest absolute Gasteiger partial charge is 0.262 e. The fourth-order valence-corrected chi connectivity index (χ4v) is 2.28. The Bertz CT molecular complexity index is 540. The van der Waals surface area contributed by atoms with Gasteiger partial charge < -0.3 is 4.74 Å². The van der Waals surface area contributed by atoms with Crippen LogP contribution in [0.4, 0.5) is 0 Å². The molecule has 20 heavy (non-hydrogen) atoms. The zero-order valence-electron chi connectivity index (χ0n) is 12.1. The standard InChI is InChI=1S/C16H19NO3/c1-11(2)9-20-10-16(3,4)17-14(18)12-7-5-6-8-13(12)15(17)19/h5-8H,1,9-10H2,2-4H3. The van der Waals surface area contributed by atoms with Gasteiger partial charge in [-0.1, -0.05) is 24.3 Å². The van der Waals surface area contributed by atoms with Crippen LogP contribution in [0, 0.1) is 0 Å². The normalized spacial score (nSPS) is 14.7. The molecule has 1 aromatic rings. The Labute approximate surface area is 119 Å². The molecule has 1 aliphatic heterocycles. The quantitative estimate of drug-likeness (QED) is 0.612. The van der Waals surface area contributed by atoms with E-state index in [0.29, 0.717) is 17.7 Å². The van der Waals surface area contributed by atoms with Gasteiger partial charge in [0.2, 0.25) is 0 Å².